The van der Waals surface area contributed by atoms with Crippen LogP contribution in [0.4, 0.5) is 5.69 Å². The van der Waals surface area contributed by atoms with E-state index in [2.05, 4.69) is 22.7 Å². The van der Waals surface area contributed by atoms with Crippen LogP contribution in [0.2, 0.25) is 0 Å². The van der Waals surface area contributed by atoms with Gasteiger partial charge in [-0.15, -0.1) is 0 Å². The number of rotatable bonds is 7. The van der Waals surface area contributed by atoms with E-state index in [9.17, 15) is 9.47 Å². The van der Waals surface area contributed by atoms with E-state index in [0.717, 1.165) is 19.4 Å². The number of nitrogens with zero attached hydrogens (tertiary/aromatic N) is 2. The zero-order valence-corrected chi connectivity index (χ0v) is 15.6. The van der Waals surface area contributed by atoms with Crippen molar-refractivity contribution in [2.24, 2.45) is 4.36 Å². The number of hydrogen-bond donors (Lipinski definition) is 1. The van der Waals surface area contributed by atoms with Gasteiger partial charge in [0.05, 0.1) is 31.9 Å². The van der Waals surface area contributed by atoms with E-state index in [1.54, 1.807) is 18.4 Å². The molecule has 2 rings (SSSR count). The molecule has 0 bridgehead atoms. The average molecular weight is 357 g/mol. The maximum Gasteiger partial charge on any atom is 0.167 e. The normalized spacial score (nSPS) is 12.7. The number of unbranched alkanes of at least 4 members (excludes halogenated alkanes) is 1. The molecule has 25 heavy (non-hydrogen) atoms. The van der Waals surface area contributed by atoms with Crippen LogP contribution in [0.3, 0.4) is 0 Å². The number of benzene rings is 2. The largest absolute Gasteiger partial charge is 0.454 e. The molecule has 0 saturated carbocycles. The third-order valence-electron chi connectivity index (χ3n) is 3.75. The highest BCUT2D eigenvalue weighted by atomic mass is 32.2. The molecule has 1 N–H and O–H groups in total. The topological polar surface area (TPSA) is 74.5 Å². The minimum atomic E-state index is -2.68. The number of ether oxygens (including phenoxy) is 1. The molecule has 0 heterocycles. The van der Waals surface area contributed by atoms with Gasteiger partial charge in [-0.1, -0.05) is 31.5 Å². The molecule has 5 nitrogen and oxygen atoms in total. The van der Waals surface area contributed by atoms with Crippen molar-refractivity contribution in [1.29, 1.82) is 5.26 Å². The molecule has 0 aliphatic heterocycles. The van der Waals surface area contributed by atoms with Crippen LogP contribution in [0.1, 0.15) is 25.3 Å². The van der Waals surface area contributed by atoms with Gasteiger partial charge in [0.15, 0.2) is 5.75 Å². The molecule has 0 saturated heterocycles. The summed E-state index contributed by atoms with van der Waals surface area (Å²) in [6.45, 7) is 2.85. The fourth-order valence-electron chi connectivity index (χ4n) is 2.29. The second-order valence-corrected chi connectivity index (χ2v) is 8.05. The average Bonchev–Trinajstić information content (AvgIpc) is 2.63. The van der Waals surface area contributed by atoms with Crippen LogP contribution >= 0.6 is 0 Å². The lowest BCUT2D eigenvalue weighted by molar-refractivity contribution is 0.471. The number of nitrogens with one attached hydrogen (secondary N) is 1. The van der Waals surface area contributed by atoms with Gasteiger partial charge in [0.1, 0.15) is 5.75 Å². The first-order valence-electron chi connectivity index (χ1n) is 8.17. The third-order valence-corrected chi connectivity index (χ3v) is 5.57. The Labute approximate surface area is 149 Å². The molecule has 132 valence electrons. The maximum atomic E-state index is 12.9. The SMILES string of the molecule is CCCCNc1cc(C#N)cc(S(C)(=O)=NC)c1Oc1ccccc1. The first-order valence-corrected chi connectivity index (χ1v) is 10.1. The van der Waals surface area contributed by atoms with Crippen LogP contribution in [0, 0.1) is 11.3 Å². The minimum absolute atomic E-state index is 0.424. The van der Waals surface area contributed by atoms with Gasteiger partial charge in [0.2, 0.25) is 0 Å². The van der Waals surface area contributed by atoms with Gasteiger partial charge in [0, 0.05) is 19.8 Å². The Morgan fingerprint density at radius 1 is 1.28 bits per heavy atom. The smallest absolute Gasteiger partial charge is 0.167 e. The predicted molar refractivity (Wildman–Crippen MR) is 102 cm³/mol. The van der Waals surface area contributed by atoms with E-state index >= 15 is 0 Å². The molecule has 2 aromatic carbocycles. The Morgan fingerprint density at radius 3 is 2.60 bits per heavy atom. The van der Waals surface area contributed by atoms with Gasteiger partial charge in [-0.25, -0.2) is 8.57 Å². The first kappa shape index (κ1) is 18.8. The quantitative estimate of drug-likeness (QED) is 0.732. The molecule has 1 unspecified atom stereocenters. The van der Waals surface area contributed by atoms with Crippen LogP contribution < -0.4 is 10.1 Å². The number of anilines is 1. The van der Waals surface area contributed by atoms with E-state index in [1.807, 2.05) is 30.3 Å². The highest BCUT2D eigenvalue weighted by Gasteiger charge is 2.19. The highest BCUT2D eigenvalue weighted by molar-refractivity contribution is 7.93. The van der Waals surface area contributed by atoms with Gasteiger partial charge in [-0.05, 0) is 30.7 Å². The van der Waals surface area contributed by atoms with Crippen LogP contribution in [0.15, 0.2) is 51.7 Å². The lowest BCUT2D eigenvalue weighted by Crippen LogP contribution is -2.07. The van der Waals surface area contributed by atoms with E-state index < -0.39 is 9.73 Å². The third kappa shape index (κ3) is 4.74. The van der Waals surface area contributed by atoms with Crippen LogP contribution in [0.25, 0.3) is 0 Å². The highest BCUT2D eigenvalue weighted by Crippen LogP contribution is 2.38. The van der Waals surface area contributed by atoms with E-state index in [4.69, 9.17) is 4.74 Å². The zero-order chi connectivity index (χ0) is 18.3. The second-order valence-electron chi connectivity index (χ2n) is 5.64. The standard InChI is InChI=1S/C19H23N3O2S/c1-4-5-11-22-17-12-15(14-20)13-18(25(3,23)21-2)19(17)24-16-9-7-6-8-10-16/h6-10,12-13,22H,4-5,11H2,1-3H3. The van der Waals surface area contributed by atoms with Gasteiger partial charge in [0.25, 0.3) is 0 Å². The van der Waals surface area contributed by atoms with Crippen molar-refractivity contribution >= 4 is 15.4 Å². The van der Waals surface area contributed by atoms with Crippen molar-refractivity contribution in [3.05, 3.63) is 48.0 Å². The van der Waals surface area contributed by atoms with E-state index in [-0.39, 0.29) is 0 Å². The predicted octanol–water partition coefficient (Wildman–Crippen LogP) is 4.65. The summed E-state index contributed by atoms with van der Waals surface area (Å²) in [6, 6.07) is 14.7. The molecule has 1 atom stereocenters. The second kappa shape index (κ2) is 8.54. The summed E-state index contributed by atoms with van der Waals surface area (Å²) in [5.41, 5.74) is 1.08. The molecule has 0 fully saturated rings. The summed E-state index contributed by atoms with van der Waals surface area (Å²) >= 11 is 0. The fraction of sp³-hybridized carbons (Fsp3) is 0.316. The summed E-state index contributed by atoms with van der Waals surface area (Å²) in [4.78, 5) is 0.428. The van der Waals surface area contributed by atoms with Crippen LogP contribution in [-0.4, -0.2) is 24.1 Å². The zero-order valence-electron chi connectivity index (χ0n) is 14.8. The molecule has 0 amide bonds. The molecule has 6 heteroatoms. The summed E-state index contributed by atoms with van der Waals surface area (Å²) in [7, 11) is -1.16. The Morgan fingerprint density at radius 2 is 2.00 bits per heavy atom. The van der Waals surface area contributed by atoms with Crippen molar-refractivity contribution in [3.8, 4) is 17.6 Å². The molecule has 0 aromatic heterocycles. The van der Waals surface area contributed by atoms with Crippen molar-refractivity contribution in [1.82, 2.24) is 0 Å². The molecule has 0 aliphatic carbocycles. The molecule has 2 aromatic rings. The molecule has 0 spiro atoms. The Hall–Kier alpha value is -2.52. The van der Waals surface area contributed by atoms with Crippen molar-refractivity contribution in [2.75, 3.05) is 25.2 Å². The fourth-order valence-corrected chi connectivity index (χ4v) is 3.33. The van der Waals surface area contributed by atoms with Gasteiger partial charge in [-0.2, -0.15) is 5.26 Å². The van der Waals surface area contributed by atoms with Crippen molar-refractivity contribution in [2.45, 2.75) is 24.7 Å². The van der Waals surface area contributed by atoms with Crippen LogP contribution in [0.5, 0.6) is 11.5 Å². The molecule has 0 radical (unpaired) electrons. The Kier molecular flexibility index (Phi) is 6.43. The van der Waals surface area contributed by atoms with Gasteiger partial charge in [-0.3, -0.25) is 0 Å². The lowest BCUT2D eigenvalue weighted by Gasteiger charge is -2.18. The maximum absolute atomic E-state index is 12.9. The summed E-state index contributed by atoms with van der Waals surface area (Å²) in [5.74, 6) is 1.10. The molecule has 0 aliphatic rings. The summed E-state index contributed by atoms with van der Waals surface area (Å²) in [5, 5.41) is 12.6. The lowest BCUT2D eigenvalue weighted by atomic mass is 10.2. The minimum Gasteiger partial charge on any atom is -0.454 e. The van der Waals surface area contributed by atoms with Gasteiger partial charge < -0.3 is 10.1 Å². The van der Waals surface area contributed by atoms with E-state index in [0.29, 0.717) is 27.6 Å². The summed E-state index contributed by atoms with van der Waals surface area (Å²) in [6.07, 6.45) is 3.58. The van der Waals surface area contributed by atoms with Crippen molar-refractivity contribution in [3.63, 3.8) is 0 Å². The molecular weight excluding hydrogens is 334 g/mol. The first-order chi connectivity index (χ1) is 12.0. The monoisotopic (exact) mass is 357 g/mol. The Balaban J connectivity index is 2.61. The van der Waals surface area contributed by atoms with Gasteiger partial charge >= 0.3 is 0 Å². The van der Waals surface area contributed by atoms with Crippen LogP contribution in [-0.2, 0) is 9.73 Å². The summed E-state index contributed by atoms with van der Waals surface area (Å²) < 4.78 is 23.0. The number of nitriles is 1. The van der Waals surface area contributed by atoms with E-state index in [1.165, 1.54) is 7.05 Å². The number of hydrogen-bond acceptors (Lipinski definition) is 5. The van der Waals surface area contributed by atoms with Crippen molar-refractivity contribution < 1.29 is 8.95 Å². The Bertz CT molecular complexity index is 880. The molecular formula is C19H23N3O2S. The number of para-hydroxylation sites is 1.